The maximum absolute atomic E-state index is 11.6. The van der Waals surface area contributed by atoms with Gasteiger partial charge in [0, 0.05) is 44.6 Å². The molecule has 3 aromatic rings. The molecule has 3 fully saturated rings. The highest BCUT2D eigenvalue weighted by Gasteiger charge is 2.46. The Hall–Kier alpha value is -4.09. The number of carbonyl (C=O) groups is 1. The first-order chi connectivity index (χ1) is 17.9. The third kappa shape index (κ3) is 4.25. The molecule has 1 aliphatic carbocycles. The Balaban J connectivity index is 1.28. The van der Waals surface area contributed by atoms with Gasteiger partial charge in [0.05, 0.1) is 34.2 Å². The lowest BCUT2D eigenvalue weighted by Crippen LogP contribution is -2.61. The van der Waals surface area contributed by atoms with Gasteiger partial charge in [-0.3, -0.25) is 4.79 Å². The number of amides is 1. The molecule has 2 N–H and O–H groups in total. The highest BCUT2D eigenvalue weighted by Crippen LogP contribution is 2.44. The molecule has 2 aliphatic heterocycles. The minimum Gasteiger partial charge on any atom is -0.370 e. The van der Waals surface area contributed by atoms with Gasteiger partial charge in [0.1, 0.15) is 6.07 Å². The molecule has 12 heteroatoms. The number of hydrogen-bond donors (Lipinski definition) is 2. The average Bonchev–Trinajstić information content (AvgIpc) is 3.59. The first kappa shape index (κ1) is 23.3. The maximum atomic E-state index is 11.6. The van der Waals surface area contributed by atoms with Crippen LogP contribution < -0.4 is 15.5 Å². The largest absolute Gasteiger partial charge is 0.370 e. The number of carbonyl (C=O) groups excluding carboxylic acids is 1. The second kappa shape index (κ2) is 8.79. The third-order valence-corrected chi connectivity index (χ3v) is 7.88. The van der Waals surface area contributed by atoms with Gasteiger partial charge < -0.3 is 20.4 Å². The fraction of sp³-hybridized carbons (Fsp3) is 0.440. The number of rotatable bonds is 5. The van der Waals surface area contributed by atoms with Crippen LogP contribution in [0.5, 0.6) is 0 Å². The van der Waals surface area contributed by atoms with Gasteiger partial charge in [-0.2, -0.15) is 20.0 Å². The quantitative estimate of drug-likeness (QED) is 0.523. The minimum absolute atomic E-state index is 0.127. The molecular weight excluding hydrogens is 492 g/mol. The smallest absolute Gasteiger partial charge is 0.247 e. The molecule has 1 aromatic carbocycles. The van der Waals surface area contributed by atoms with Crippen LogP contribution in [0, 0.1) is 28.1 Å². The zero-order valence-electron chi connectivity index (χ0n) is 20.3. The van der Waals surface area contributed by atoms with Crippen LogP contribution in [-0.4, -0.2) is 62.6 Å². The number of nitrogens with zero attached hydrogens (tertiary/aromatic N) is 8. The Kier molecular flexibility index (Phi) is 5.54. The number of anilines is 4. The third-order valence-electron chi connectivity index (χ3n) is 7.49. The topological polar surface area (TPSA) is 138 Å². The summed E-state index contributed by atoms with van der Waals surface area (Å²) in [5.41, 5.74) is 2.70. The van der Waals surface area contributed by atoms with Crippen molar-refractivity contribution in [2.45, 2.75) is 38.6 Å². The molecule has 2 saturated heterocycles. The van der Waals surface area contributed by atoms with Gasteiger partial charge in [0.25, 0.3) is 0 Å². The number of benzene rings is 1. The molecule has 1 spiro atoms. The summed E-state index contributed by atoms with van der Waals surface area (Å²) in [7, 11) is 0. The van der Waals surface area contributed by atoms with Gasteiger partial charge in [-0.25, -0.2) is 4.98 Å². The van der Waals surface area contributed by atoms with E-state index < -0.39 is 0 Å². The van der Waals surface area contributed by atoms with Gasteiger partial charge in [-0.05, 0) is 37.8 Å². The van der Waals surface area contributed by atoms with E-state index in [1.165, 1.54) is 10.7 Å². The van der Waals surface area contributed by atoms with E-state index in [2.05, 4.69) is 42.7 Å². The molecule has 188 valence electrons. The number of likely N-dealkylation sites (tertiary alicyclic amines) is 1. The SMILES string of the molecule is CC(=O)N1CC2(CCN(c3cc(C#N)cc(Nc4nc(NC5CC5)c5ncc(C#N)n5n4)c3Cl)CC2)C1. The zero-order valence-corrected chi connectivity index (χ0v) is 21.1. The van der Waals surface area contributed by atoms with Crippen LogP contribution >= 0.6 is 11.6 Å². The van der Waals surface area contributed by atoms with Gasteiger partial charge in [0.15, 0.2) is 17.2 Å². The van der Waals surface area contributed by atoms with Crippen molar-refractivity contribution in [3.8, 4) is 12.1 Å². The lowest BCUT2D eigenvalue weighted by Gasteiger charge is -2.54. The Morgan fingerprint density at radius 3 is 2.59 bits per heavy atom. The zero-order chi connectivity index (χ0) is 25.7. The number of nitriles is 2. The van der Waals surface area contributed by atoms with Gasteiger partial charge in [-0.15, -0.1) is 5.10 Å². The summed E-state index contributed by atoms with van der Waals surface area (Å²) in [6.45, 7) is 4.82. The summed E-state index contributed by atoms with van der Waals surface area (Å²) in [4.78, 5) is 24.6. The predicted octanol–water partition coefficient (Wildman–Crippen LogP) is 3.29. The number of hydrogen-bond acceptors (Lipinski definition) is 9. The first-order valence-corrected chi connectivity index (χ1v) is 12.7. The summed E-state index contributed by atoms with van der Waals surface area (Å²) in [6, 6.07) is 8.13. The van der Waals surface area contributed by atoms with Crippen molar-refractivity contribution in [1.82, 2.24) is 24.5 Å². The molecule has 0 bridgehead atoms. The van der Waals surface area contributed by atoms with Crippen LogP contribution in [0.2, 0.25) is 5.02 Å². The van der Waals surface area contributed by atoms with E-state index in [4.69, 9.17) is 11.6 Å². The van der Waals surface area contributed by atoms with Gasteiger partial charge >= 0.3 is 0 Å². The van der Waals surface area contributed by atoms with Crippen molar-refractivity contribution in [2.24, 2.45) is 5.41 Å². The molecule has 2 aromatic heterocycles. The molecular formula is C25H25ClN10O. The first-order valence-electron chi connectivity index (χ1n) is 12.3. The van der Waals surface area contributed by atoms with Crippen LogP contribution in [0.1, 0.15) is 43.9 Å². The molecule has 1 amide bonds. The van der Waals surface area contributed by atoms with Crippen molar-refractivity contribution in [1.29, 1.82) is 10.5 Å². The van der Waals surface area contributed by atoms with E-state index in [0.717, 1.165) is 57.5 Å². The highest BCUT2D eigenvalue weighted by atomic mass is 35.5. The maximum Gasteiger partial charge on any atom is 0.247 e. The molecule has 6 rings (SSSR count). The normalized spacial score (nSPS) is 18.3. The molecule has 4 heterocycles. The molecule has 0 radical (unpaired) electrons. The van der Waals surface area contributed by atoms with E-state index in [9.17, 15) is 15.3 Å². The van der Waals surface area contributed by atoms with E-state index in [0.29, 0.717) is 39.5 Å². The van der Waals surface area contributed by atoms with E-state index in [1.54, 1.807) is 13.0 Å². The second-order valence-electron chi connectivity index (χ2n) is 10.1. The molecule has 1 saturated carbocycles. The van der Waals surface area contributed by atoms with Crippen LogP contribution in [0.15, 0.2) is 18.3 Å². The van der Waals surface area contributed by atoms with Crippen LogP contribution in [0.4, 0.5) is 23.1 Å². The Morgan fingerprint density at radius 2 is 1.95 bits per heavy atom. The fourth-order valence-electron chi connectivity index (χ4n) is 5.17. The van der Waals surface area contributed by atoms with Crippen LogP contribution in [-0.2, 0) is 4.79 Å². The van der Waals surface area contributed by atoms with Crippen molar-refractivity contribution < 1.29 is 4.79 Å². The number of piperidine rings is 1. The van der Waals surface area contributed by atoms with E-state index >= 15 is 0 Å². The summed E-state index contributed by atoms with van der Waals surface area (Å²) < 4.78 is 1.45. The number of fused-ring (bicyclic) bond motifs is 1. The number of aromatic nitrogens is 4. The molecule has 0 atom stereocenters. The van der Waals surface area contributed by atoms with Crippen LogP contribution in [0.3, 0.4) is 0 Å². The minimum atomic E-state index is 0.127. The summed E-state index contributed by atoms with van der Waals surface area (Å²) in [5, 5.41) is 30.7. The Morgan fingerprint density at radius 1 is 1.19 bits per heavy atom. The summed E-state index contributed by atoms with van der Waals surface area (Å²) in [6.07, 6.45) is 5.48. The van der Waals surface area contributed by atoms with Crippen molar-refractivity contribution in [2.75, 3.05) is 41.7 Å². The van der Waals surface area contributed by atoms with E-state index in [1.807, 2.05) is 11.0 Å². The lowest BCUT2D eigenvalue weighted by molar-refractivity contribution is -0.142. The fourth-order valence-corrected chi connectivity index (χ4v) is 5.44. The summed E-state index contributed by atoms with van der Waals surface area (Å²) in [5.74, 6) is 0.905. The number of imidazole rings is 1. The van der Waals surface area contributed by atoms with Gasteiger partial charge in [-0.1, -0.05) is 11.6 Å². The lowest BCUT2D eigenvalue weighted by atomic mass is 9.72. The van der Waals surface area contributed by atoms with Gasteiger partial charge in [0.2, 0.25) is 11.9 Å². The monoisotopic (exact) mass is 516 g/mol. The van der Waals surface area contributed by atoms with Crippen molar-refractivity contribution in [3.05, 3.63) is 34.6 Å². The second-order valence-corrected chi connectivity index (χ2v) is 10.5. The summed E-state index contributed by atoms with van der Waals surface area (Å²) >= 11 is 6.89. The van der Waals surface area contributed by atoms with E-state index in [-0.39, 0.29) is 17.3 Å². The average molecular weight is 517 g/mol. The molecule has 0 unspecified atom stereocenters. The van der Waals surface area contributed by atoms with Crippen molar-refractivity contribution in [3.63, 3.8) is 0 Å². The Bertz CT molecular complexity index is 1480. The molecule has 3 aliphatic rings. The number of nitrogens with one attached hydrogen (secondary N) is 2. The number of halogens is 1. The molecule has 11 nitrogen and oxygen atoms in total. The molecule has 37 heavy (non-hydrogen) atoms. The standard InChI is InChI=1S/C25H25ClN10O/c1-15(37)35-13-25(14-35)4-6-34(7-5-25)20-9-16(10-27)8-19(21(20)26)31-24-32-22(30-17-2-3-17)23-29-12-18(11-28)36(23)33-24/h8-9,12,17H,2-7,13-14H2,1H3,(H2,30,31,32,33). The Labute approximate surface area is 218 Å². The van der Waals surface area contributed by atoms with Crippen LogP contribution in [0.25, 0.3) is 5.65 Å². The predicted molar refractivity (Wildman–Crippen MR) is 138 cm³/mol. The highest BCUT2D eigenvalue weighted by molar-refractivity contribution is 6.36. The van der Waals surface area contributed by atoms with Crippen molar-refractivity contribution >= 4 is 46.3 Å².